The normalized spacial score (nSPS) is 17.7. The minimum atomic E-state index is -0.921. The van der Waals surface area contributed by atoms with Gasteiger partial charge in [-0.2, -0.15) is 0 Å². The smallest absolute Gasteiger partial charge is 0.326 e. The first-order valence-electron chi connectivity index (χ1n) is 8.13. The van der Waals surface area contributed by atoms with E-state index in [2.05, 4.69) is 10.2 Å². The van der Waals surface area contributed by atoms with Gasteiger partial charge in [0.15, 0.2) is 0 Å². The molecular formula is C17H20N4O3. The number of benzene rings is 1. The number of aryl methyl sites for hydroxylation is 1. The van der Waals surface area contributed by atoms with Gasteiger partial charge in [0.2, 0.25) is 5.91 Å². The highest BCUT2D eigenvalue weighted by Gasteiger charge is 2.31. The van der Waals surface area contributed by atoms with Crippen molar-refractivity contribution in [2.75, 3.05) is 6.54 Å². The standard InChI is InChI=1S/C17H20N4O3/c22-16(20-11-5-4-8-14(20)17(23)24)10-9-15-19-18-12-21(15)13-6-2-1-3-7-13/h1-3,6-7,12,14H,4-5,8-11H2,(H,23,24)/t14-/m1/s1. The number of carbonyl (C=O) groups excluding carboxylic acids is 1. The number of carboxylic acids is 1. The van der Waals surface area contributed by atoms with Crippen molar-refractivity contribution < 1.29 is 14.7 Å². The lowest BCUT2D eigenvalue weighted by molar-refractivity contribution is -0.152. The molecule has 1 N–H and O–H groups in total. The van der Waals surface area contributed by atoms with Gasteiger partial charge in [0, 0.05) is 25.1 Å². The van der Waals surface area contributed by atoms with E-state index in [4.69, 9.17) is 0 Å². The van der Waals surface area contributed by atoms with Crippen LogP contribution in [-0.2, 0) is 16.0 Å². The van der Waals surface area contributed by atoms with Gasteiger partial charge in [0.05, 0.1) is 0 Å². The van der Waals surface area contributed by atoms with E-state index < -0.39 is 12.0 Å². The molecule has 1 amide bonds. The summed E-state index contributed by atoms with van der Waals surface area (Å²) in [5.41, 5.74) is 0.936. The lowest BCUT2D eigenvalue weighted by Crippen LogP contribution is -2.48. The van der Waals surface area contributed by atoms with Gasteiger partial charge in [-0.1, -0.05) is 18.2 Å². The minimum absolute atomic E-state index is 0.135. The Labute approximate surface area is 139 Å². The number of rotatable bonds is 5. The van der Waals surface area contributed by atoms with Crippen LogP contribution in [0.15, 0.2) is 36.7 Å². The summed E-state index contributed by atoms with van der Waals surface area (Å²) in [5.74, 6) is -0.362. The summed E-state index contributed by atoms with van der Waals surface area (Å²) >= 11 is 0. The number of carboxylic acid groups (broad SMARTS) is 1. The van der Waals surface area contributed by atoms with Gasteiger partial charge in [0.1, 0.15) is 18.2 Å². The molecule has 0 unspecified atom stereocenters. The maximum absolute atomic E-state index is 12.5. The fraction of sp³-hybridized carbons (Fsp3) is 0.412. The molecule has 7 heteroatoms. The molecule has 1 atom stereocenters. The summed E-state index contributed by atoms with van der Waals surface area (Å²) in [7, 11) is 0. The number of carbonyl (C=O) groups is 2. The lowest BCUT2D eigenvalue weighted by atomic mass is 10.0. The van der Waals surface area contributed by atoms with Crippen molar-refractivity contribution in [3.63, 3.8) is 0 Å². The summed E-state index contributed by atoms with van der Waals surface area (Å²) in [6, 6.07) is 8.97. The van der Waals surface area contributed by atoms with Crippen LogP contribution in [0.1, 0.15) is 31.5 Å². The average Bonchev–Trinajstić information content (AvgIpc) is 3.09. The number of likely N-dealkylation sites (tertiary alicyclic amines) is 1. The van der Waals surface area contributed by atoms with Gasteiger partial charge in [0.25, 0.3) is 0 Å². The maximum atomic E-state index is 12.5. The fourth-order valence-corrected chi connectivity index (χ4v) is 3.08. The first-order chi connectivity index (χ1) is 11.7. The molecule has 3 rings (SSSR count). The van der Waals surface area contributed by atoms with Gasteiger partial charge < -0.3 is 10.0 Å². The van der Waals surface area contributed by atoms with E-state index in [0.717, 1.165) is 18.5 Å². The molecular weight excluding hydrogens is 308 g/mol. The van der Waals surface area contributed by atoms with Crippen LogP contribution in [0, 0.1) is 0 Å². The van der Waals surface area contributed by atoms with Crippen molar-refractivity contribution in [2.45, 2.75) is 38.1 Å². The molecule has 2 heterocycles. The van der Waals surface area contributed by atoms with Gasteiger partial charge in [-0.05, 0) is 31.4 Å². The highest BCUT2D eigenvalue weighted by Crippen LogP contribution is 2.19. The minimum Gasteiger partial charge on any atom is -0.480 e. The molecule has 0 aliphatic carbocycles. The molecule has 0 saturated carbocycles. The first kappa shape index (κ1) is 16.2. The predicted octanol–water partition coefficient (Wildman–Crippen LogP) is 1.67. The van der Waals surface area contributed by atoms with Crippen molar-refractivity contribution in [2.24, 2.45) is 0 Å². The van der Waals surface area contributed by atoms with Crippen molar-refractivity contribution in [1.29, 1.82) is 0 Å². The number of aliphatic carboxylic acids is 1. The third-order valence-corrected chi connectivity index (χ3v) is 4.32. The van der Waals surface area contributed by atoms with E-state index in [1.807, 2.05) is 34.9 Å². The fourth-order valence-electron chi connectivity index (χ4n) is 3.08. The van der Waals surface area contributed by atoms with Crippen molar-refractivity contribution >= 4 is 11.9 Å². The maximum Gasteiger partial charge on any atom is 0.326 e. The second-order valence-corrected chi connectivity index (χ2v) is 5.89. The molecule has 0 spiro atoms. The molecule has 1 aromatic carbocycles. The molecule has 126 valence electrons. The number of piperidine rings is 1. The molecule has 7 nitrogen and oxygen atoms in total. The zero-order chi connectivity index (χ0) is 16.9. The Balaban J connectivity index is 1.67. The summed E-state index contributed by atoms with van der Waals surface area (Å²) in [6.07, 6.45) is 4.52. The Bertz CT molecular complexity index is 714. The van der Waals surface area contributed by atoms with Crippen molar-refractivity contribution in [1.82, 2.24) is 19.7 Å². The summed E-state index contributed by atoms with van der Waals surface area (Å²) < 4.78 is 1.85. The van der Waals surface area contributed by atoms with Crippen LogP contribution in [0.2, 0.25) is 0 Å². The third-order valence-electron chi connectivity index (χ3n) is 4.32. The van der Waals surface area contributed by atoms with Crippen LogP contribution in [-0.4, -0.2) is 49.2 Å². The van der Waals surface area contributed by atoms with E-state index in [1.165, 1.54) is 4.90 Å². The van der Waals surface area contributed by atoms with Crippen LogP contribution in [0.5, 0.6) is 0 Å². The largest absolute Gasteiger partial charge is 0.480 e. The van der Waals surface area contributed by atoms with Crippen LogP contribution >= 0.6 is 0 Å². The van der Waals surface area contributed by atoms with Crippen molar-refractivity contribution in [3.05, 3.63) is 42.5 Å². The number of hydrogen-bond acceptors (Lipinski definition) is 4. The monoisotopic (exact) mass is 328 g/mol. The number of para-hydroxylation sites is 1. The van der Waals surface area contributed by atoms with E-state index >= 15 is 0 Å². The van der Waals surface area contributed by atoms with E-state index in [-0.39, 0.29) is 12.3 Å². The van der Waals surface area contributed by atoms with E-state index in [9.17, 15) is 14.7 Å². The molecule has 1 saturated heterocycles. The van der Waals surface area contributed by atoms with Gasteiger partial charge in [-0.25, -0.2) is 4.79 Å². The molecule has 1 aromatic heterocycles. The zero-order valence-corrected chi connectivity index (χ0v) is 13.3. The van der Waals surface area contributed by atoms with Gasteiger partial charge in [-0.15, -0.1) is 10.2 Å². The van der Waals surface area contributed by atoms with Crippen LogP contribution in [0.3, 0.4) is 0 Å². The van der Waals surface area contributed by atoms with Crippen molar-refractivity contribution in [3.8, 4) is 5.69 Å². The predicted molar refractivity (Wildman–Crippen MR) is 86.7 cm³/mol. The molecule has 1 aliphatic heterocycles. The molecule has 24 heavy (non-hydrogen) atoms. The Hall–Kier alpha value is -2.70. The third kappa shape index (κ3) is 3.45. The van der Waals surface area contributed by atoms with Crippen LogP contribution in [0.4, 0.5) is 0 Å². The SMILES string of the molecule is O=C(O)[C@H]1CCCCN1C(=O)CCc1nncn1-c1ccccc1. The number of aromatic nitrogens is 3. The number of nitrogens with zero attached hydrogens (tertiary/aromatic N) is 4. The summed E-state index contributed by atoms with van der Waals surface area (Å²) in [6.45, 7) is 0.515. The first-order valence-corrected chi connectivity index (χ1v) is 8.13. The Kier molecular flexibility index (Phi) is 4.88. The topological polar surface area (TPSA) is 88.3 Å². The second kappa shape index (κ2) is 7.25. The average molecular weight is 328 g/mol. The summed E-state index contributed by atoms with van der Waals surface area (Å²) in [4.78, 5) is 25.3. The Morgan fingerprint density at radius 3 is 2.75 bits per heavy atom. The Morgan fingerprint density at radius 1 is 1.21 bits per heavy atom. The Morgan fingerprint density at radius 2 is 2.00 bits per heavy atom. The molecule has 1 aliphatic rings. The van der Waals surface area contributed by atoms with E-state index in [1.54, 1.807) is 6.33 Å². The number of amides is 1. The zero-order valence-electron chi connectivity index (χ0n) is 13.3. The van der Waals surface area contributed by atoms with Gasteiger partial charge in [-0.3, -0.25) is 9.36 Å². The van der Waals surface area contributed by atoms with Crippen LogP contribution < -0.4 is 0 Å². The van der Waals surface area contributed by atoms with Gasteiger partial charge >= 0.3 is 5.97 Å². The second-order valence-electron chi connectivity index (χ2n) is 5.89. The molecule has 2 aromatic rings. The lowest BCUT2D eigenvalue weighted by Gasteiger charge is -2.33. The summed E-state index contributed by atoms with van der Waals surface area (Å²) in [5, 5.41) is 17.3. The van der Waals surface area contributed by atoms with Crippen LogP contribution in [0.25, 0.3) is 5.69 Å². The quantitative estimate of drug-likeness (QED) is 0.902. The molecule has 0 radical (unpaired) electrons. The number of hydrogen-bond donors (Lipinski definition) is 1. The molecule has 0 bridgehead atoms. The van der Waals surface area contributed by atoms with E-state index in [0.29, 0.717) is 25.2 Å². The highest BCUT2D eigenvalue weighted by molar-refractivity contribution is 5.84. The highest BCUT2D eigenvalue weighted by atomic mass is 16.4. The molecule has 1 fully saturated rings.